The van der Waals surface area contributed by atoms with Crippen LogP contribution in [-0.4, -0.2) is 19.3 Å². The van der Waals surface area contributed by atoms with Crippen LogP contribution in [0.1, 0.15) is 5.56 Å². The highest BCUT2D eigenvalue weighted by atomic mass is 19.4. The van der Waals surface area contributed by atoms with Gasteiger partial charge < -0.3 is 10.5 Å². The van der Waals surface area contributed by atoms with Gasteiger partial charge in [-0.3, -0.25) is 0 Å². The Kier molecular flexibility index (Phi) is 4.85. The van der Waals surface area contributed by atoms with E-state index in [1.165, 1.54) is 0 Å². The molecule has 0 spiro atoms. The highest BCUT2D eigenvalue weighted by Crippen LogP contribution is 2.34. The minimum absolute atomic E-state index is 0.305. The van der Waals surface area contributed by atoms with Gasteiger partial charge in [0, 0.05) is 6.54 Å². The molecule has 1 unspecified atom stereocenters. The molecule has 1 rings (SSSR count). The molecule has 0 saturated carbocycles. The van der Waals surface area contributed by atoms with E-state index in [2.05, 4.69) is 4.74 Å². The summed E-state index contributed by atoms with van der Waals surface area (Å²) in [6, 6.07) is 1.59. The molecule has 2 N–H and O–H groups in total. The van der Waals surface area contributed by atoms with E-state index in [1.807, 2.05) is 0 Å². The van der Waals surface area contributed by atoms with Gasteiger partial charge in [0.05, 0.1) is 5.56 Å². The molecule has 0 radical (unpaired) electrons. The molecular weight excluding hydrogens is 295 g/mol. The lowest BCUT2D eigenvalue weighted by atomic mass is 10.1. The van der Waals surface area contributed by atoms with Gasteiger partial charge in [0.25, 0.3) is 0 Å². The number of hydrogen-bond donors (Lipinski definition) is 1. The van der Waals surface area contributed by atoms with E-state index in [4.69, 9.17) is 5.73 Å². The summed E-state index contributed by atoms with van der Waals surface area (Å²) >= 11 is 0. The number of benzene rings is 1. The molecule has 0 saturated heterocycles. The van der Waals surface area contributed by atoms with E-state index in [1.54, 1.807) is 0 Å². The SMILES string of the molecule is NCC(COc1ccc(F)c(C(F)(F)F)c1)C(F)(F)F. The predicted octanol–water partition coefficient (Wildman–Crippen LogP) is 3.36. The summed E-state index contributed by atoms with van der Waals surface area (Å²) in [6.07, 6.45) is -9.58. The molecule has 1 aromatic carbocycles. The van der Waals surface area contributed by atoms with E-state index in [9.17, 15) is 30.7 Å². The standard InChI is InChI=1S/C11H10F7NO/c12-9-2-1-7(3-8(9)11(16,17)18)20-5-6(4-19)10(13,14)15/h1-3,6H,4-5,19H2. The first-order valence-electron chi connectivity index (χ1n) is 5.32. The smallest absolute Gasteiger partial charge is 0.419 e. The summed E-state index contributed by atoms with van der Waals surface area (Å²) in [5, 5.41) is 0. The third kappa shape index (κ3) is 4.26. The van der Waals surface area contributed by atoms with Gasteiger partial charge in [0.1, 0.15) is 24.1 Å². The summed E-state index contributed by atoms with van der Waals surface area (Å²) in [7, 11) is 0. The Morgan fingerprint density at radius 3 is 2.15 bits per heavy atom. The van der Waals surface area contributed by atoms with Gasteiger partial charge >= 0.3 is 12.4 Å². The summed E-state index contributed by atoms with van der Waals surface area (Å²) in [5.74, 6) is -4.06. The normalized spacial score (nSPS) is 14.2. The molecule has 0 fully saturated rings. The van der Waals surface area contributed by atoms with Crippen molar-refractivity contribution >= 4 is 0 Å². The number of rotatable bonds is 4. The van der Waals surface area contributed by atoms with Crippen LogP contribution in [0.4, 0.5) is 30.7 Å². The molecule has 20 heavy (non-hydrogen) atoms. The largest absolute Gasteiger partial charge is 0.493 e. The fraction of sp³-hybridized carbons (Fsp3) is 0.455. The van der Waals surface area contributed by atoms with Crippen molar-refractivity contribution < 1.29 is 35.5 Å². The average molecular weight is 305 g/mol. The third-order valence-electron chi connectivity index (χ3n) is 2.44. The minimum atomic E-state index is -4.96. The molecule has 0 heterocycles. The van der Waals surface area contributed by atoms with Crippen LogP contribution in [-0.2, 0) is 6.18 Å². The molecule has 1 atom stereocenters. The average Bonchev–Trinajstić information content (AvgIpc) is 2.28. The monoisotopic (exact) mass is 305 g/mol. The van der Waals surface area contributed by atoms with Crippen LogP contribution in [0.25, 0.3) is 0 Å². The van der Waals surface area contributed by atoms with Gasteiger partial charge in [-0.15, -0.1) is 0 Å². The Balaban J connectivity index is 2.84. The Morgan fingerprint density at radius 1 is 1.10 bits per heavy atom. The van der Waals surface area contributed by atoms with Crippen molar-refractivity contribution in [1.82, 2.24) is 0 Å². The molecule has 0 aromatic heterocycles. The molecule has 114 valence electrons. The lowest BCUT2D eigenvalue weighted by molar-refractivity contribution is -0.178. The van der Waals surface area contributed by atoms with Crippen molar-refractivity contribution in [2.75, 3.05) is 13.2 Å². The maximum Gasteiger partial charge on any atom is 0.419 e. The number of alkyl halides is 6. The van der Waals surface area contributed by atoms with Crippen molar-refractivity contribution in [2.24, 2.45) is 11.7 Å². The van der Waals surface area contributed by atoms with Gasteiger partial charge in [-0.05, 0) is 18.2 Å². The van der Waals surface area contributed by atoms with E-state index < -0.39 is 48.6 Å². The summed E-state index contributed by atoms with van der Waals surface area (Å²) in [6.45, 7) is -1.71. The lowest BCUT2D eigenvalue weighted by Gasteiger charge is -2.19. The van der Waals surface area contributed by atoms with Gasteiger partial charge in [-0.1, -0.05) is 0 Å². The zero-order chi connectivity index (χ0) is 15.6. The molecule has 0 amide bonds. The van der Waals surface area contributed by atoms with Crippen molar-refractivity contribution in [3.8, 4) is 5.75 Å². The molecule has 0 aliphatic heterocycles. The van der Waals surface area contributed by atoms with E-state index >= 15 is 0 Å². The topological polar surface area (TPSA) is 35.2 Å². The molecule has 9 heteroatoms. The fourth-order valence-corrected chi connectivity index (χ4v) is 1.30. The zero-order valence-corrected chi connectivity index (χ0v) is 9.85. The van der Waals surface area contributed by atoms with E-state index in [0.29, 0.717) is 12.1 Å². The summed E-state index contributed by atoms with van der Waals surface area (Å²) in [5.41, 5.74) is 3.30. The number of halogens is 7. The summed E-state index contributed by atoms with van der Waals surface area (Å²) in [4.78, 5) is 0. The summed E-state index contributed by atoms with van der Waals surface area (Å²) < 4.78 is 91.8. The van der Waals surface area contributed by atoms with Crippen LogP contribution in [0.15, 0.2) is 18.2 Å². The van der Waals surface area contributed by atoms with Gasteiger partial charge in [0.15, 0.2) is 0 Å². The second kappa shape index (κ2) is 5.86. The van der Waals surface area contributed by atoms with Crippen LogP contribution < -0.4 is 10.5 Å². The van der Waals surface area contributed by atoms with Crippen LogP contribution in [0.3, 0.4) is 0 Å². The van der Waals surface area contributed by atoms with Crippen molar-refractivity contribution in [1.29, 1.82) is 0 Å². The maximum atomic E-state index is 12.9. The van der Waals surface area contributed by atoms with Crippen LogP contribution >= 0.6 is 0 Å². The second-order valence-electron chi connectivity index (χ2n) is 3.92. The first-order valence-corrected chi connectivity index (χ1v) is 5.32. The molecule has 1 aromatic rings. The second-order valence-corrected chi connectivity index (χ2v) is 3.92. The van der Waals surface area contributed by atoms with Crippen molar-refractivity contribution in [3.63, 3.8) is 0 Å². The van der Waals surface area contributed by atoms with Crippen LogP contribution in [0.2, 0.25) is 0 Å². The Hall–Kier alpha value is -1.51. The molecule has 0 bridgehead atoms. The highest BCUT2D eigenvalue weighted by Gasteiger charge is 2.39. The van der Waals surface area contributed by atoms with Gasteiger partial charge in [-0.2, -0.15) is 26.3 Å². The Labute approximate surface area is 109 Å². The molecular formula is C11H10F7NO. The van der Waals surface area contributed by atoms with Crippen molar-refractivity contribution in [2.45, 2.75) is 12.4 Å². The third-order valence-corrected chi connectivity index (χ3v) is 2.44. The Morgan fingerprint density at radius 2 is 1.70 bits per heavy atom. The first-order chi connectivity index (χ1) is 9.05. The van der Waals surface area contributed by atoms with Crippen LogP contribution in [0, 0.1) is 11.7 Å². The van der Waals surface area contributed by atoms with Crippen LogP contribution in [0.5, 0.6) is 5.75 Å². The fourth-order valence-electron chi connectivity index (χ4n) is 1.30. The Bertz CT molecular complexity index is 455. The zero-order valence-electron chi connectivity index (χ0n) is 9.85. The quantitative estimate of drug-likeness (QED) is 0.866. The van der Waals surface area contributed by atoms with Gasteiger partial charge in [0.2, 0.25) is 0 Å². The lowest BCUT2D eigenvalue weighted by Crippen LogP contribution is -2.35. The van der Waals surface area contributed by atoms with E-state index in [-0.39, 0.29) is 0 Å². The number of ether oxygens (including phenoxy) is 1. The number of nitrogens with two attached hydrogens (primary N) is 1. The molecule has 2 nitrogen and oxygen atoms in total. The maximum absolute atomic E-state index is 12.9. The van der Waals surface area contributed by atoms with E-state index in [0.717, 1.165) is 6.07 Å². The molecule has 0 aliphatic carbocycles. The van der Waals surface area contributed by atoms with Gasteiger partial charge in [-0.25, -0.2) is 4.39 Å². The number of hydrogen-bond acceptors (Lipinski definition) is 2. The van der Waals surface area contributed by atoms with Crippen molar-refractivity contribution in [3.05, 3.63) is 29.6 Å². The predicted molar refractivity (Wildman–Crippen MR) is 55.5 cm³/mol. The molecule has 0 aliphatic rings. The highest BCUT2D eigenvalue weighted by molar-refractivity contribution is 5.31. The first kappa shape index (κ1) is 16.5. The minimum Gasteiger partial charge on any atom is -0.493 e.